The molecule has 0 spiro atoms. The van der Waals surface area contributed by atoms with E-state index < -0.39 is 0 Å². The average Bonchev–Trinajstić information content (AvgIpc) is 2.43. The highest BCUT2D eigenvalue weighted by molar-refractivity contribution is 5.39. The van der Waals surface area contributed by atoms with Crippen molar-refractivity contribution >= 4 is 5.82 Å². The Labute approximate surface area is 110 Å². The highest BCUT2D eigenvalue weighted by Crippen LogP contribution is 2.30. The smallest absolute Gasteiger partial charge is 0.255 e. The van der Waals surface area contributed by atoms with E-state index in [9.17, 15) is 4.79 Å². The predicted molar refractivity (Wildman–Crippen MR) is 72.4 cm³/mol. The Bertz CT molecular complexity index is 679. The van der Waals surface area contributed by atoms with Crippen molar-refractivity contribution in [2.45, 2.75) is 19.3 Å². The van der Waals surface area contributed by atoms with Crippen LogP contribution in [0.15, 0.2) is 29.1 Å². The fourth-order valence-electron chi connectivity index (χ4n) is 2.26. The number of aromatic nitrogens is 2. The number of nitrogens with two attached hydrogens (primary N) is 1. The molecular weight excluding hydrogens is 242 g/mol. The van der Waals surface area contributed by atoms with Crippen LogP contribution in [0.25, 0.3) is 0 Å². The van der Waals surface area contributed by atoms with Crippen LogP contribution in [0.1, 0.15) is 22.9 Å². The molecule has 5 heteroatoms. The molecule has 1 aliphatic heterocycles. The van der Waals surface area contributed by atoms with Crippen molar-refractivity contribution in [3.63, 3.8) is 0 Å². The highest BCUT2D eigenvalue weighted by atomic mass is 16.5. The predicted octanol–water partition coefficient (Wildman–Crippen LogP) is 1.38. The van der Waals surface area contributed by atoms with Gasteiger partial charge >= 0.3 is 0 Å². The minimum absolute atomic E-state index is 0.0329. The molecule has 0 radical (unpaired) electrons. The fourth-order valence-corrected chi connectivity index (χ4v) is 2.26. The fraction of sp³-hybridized carbons (Fsp3) is 0.286. The molecule has 19 heavy (non-hydrogen) atoms. The molecule has 1 unspecified atom stereocenters. The van der Waals surface area contributed by atoms with E-state index in [1.54, 1.807) is 6.92 Å². The number of benzene rings is 1. The molecular formula is C14H15N3O2. The molecule has 98 valence electrons. The zero-order chi connectivity index (χ0) is 13.4. The molecule has 1 aliphatic rings. The van der Waals surface area contributed by atoms with Crippen LogP contribution in [0.3, 0.4) is 0 Å². The molecule has 0 fully saturated rings. The molecule has 1 aromatic carbocycles. The third-order valence-electron chi connectivity index (χ3n) is 3.47. The number of anilines is 1. The summed E-state index contributed by atoms with van der Waals surface area (Å²) in [7, 11) is 0. The van der Waals surface area contributed by atoms with Crippen molar-refractivity contribution in [2.24, 2.45) is 0 Å². The summed E-state index contributed by atoms with van der Waals surface area (Å²) >= 11 is 0. The largest absolute Gasteiger partial charge is 0.493 e. The van der Waals surface area contributed by atoms with Gasteiger partial charge in [0.25, 0.3) is 5.56 Å². The number of nitrogens with one attached hydrogen (secondary N) is 1. The monoisotopic (exact) mass is 257 g/mol. The van der Waals surface area contributed by atoms with Gasteiger partial charge < -0.3 is 15.5 Å². The minimum Gasteiger partial charge on any atom is -0.493 e. The molecule has 0 saturated carbocycles. The summed E-state index contributed by atoms with van der Waals surface area (Å²) in [6.45, 7) is 2.17. The Morgan fingerprint density at radius 1 is 1.42 bits per heavy atom. The first-order valence-corrected chi connectivity index (χ1v) is 6.22. The van der Waals surface area contributed by atoms with E-state index in [0.29, 0.717) is 18.0 Å². The van der Waals surface area contributed by atoms with Crippen LogP contribution in [-0.4, -0.2) is 16.6 Å². The Morgan fingerprint density at radius 3 is 3.00 bits per heavy atom. The summed E-state index contributed by atoms with van der Waals surface area (Å²) in [5.41, 5.74) is 7.16. The highest BCUT2D eigenvalue weighted by Gasteiger charge is 2.23. The first-order chi connectivity index (χ1) is 9.15. The van der Waals surface area contributed by atoms with Gasteiger partial charge in [0, 0.05) is 0 Å². The molecule has 1 atom stereocenters. The number of nitrogens with zero attached hydrogens (tertiary/aromatic N) is 1. The van der Waals surface area contributed by atoms with Gasteiger partial charge in [-0.1, -0.05) is 18.2 Å². The van der Waals surface area contributed by atoms with Crippen LogP contribution in [0.2, 0.25) is 0 Å². The van der Waals surface area contributed by atoms with Gasteiger partial charge in [0.1, 0.15) is 17.4 Å². The first-order valence-electron chi connectivity index (χ1n) is 6.22. The maximum absolute atomic E-state index is 11.7. The van der Waals surface area contributed by atoms with Crippen LogP contribution in [0, 0.1) is 6.92 Å². The van der Waals surface area contributed by atoms with Gasteiger partial charge in [0.2, 0.25) is 0 Å². The summed E-state index contributed by atoms with van der Waals surface area (Å²) in [5, 5.41) is 0. The first kappa shape index (κ1) is 11.8. The summed E-state index contributed by atoms with van der Waals surface area (Å²) in [5.74, 6) is 1.83. The van der Waals surface area contributed by atoms with E-state index in [1.807, 2.05) is 24.3 Å². The second-order valence-electron chi connectivity index (χ2n) is 4.78. The topological polar surface area (TPSA) is 81.0 Å². The van der Waals surface area contributed by atoms with Crippen molar-refractivity contribution < 1.29 is 4.74 Å². The van der Waals surface area contributed by atoms with Crippen LogP contribution in [0.4, 0.5) is 5.82 Å². The number of H-pyrrole nitrogens is 1. The second-order valence-corrected chi connectivity index (χ2v) is 4.78. The lowest BCUT2D eigenvalue weighted by Gasteiger charge is -2.24. The summed E-state index contributed by atoms with van der Waals surface area (Å²) < 4.78 is 5.70. The number of ether oxygens (including phenoxy) is 1. The minimum atomic E-state index is -0.179. The number of hydrogen-bond acceptors (Lipinski definition) is 4. The summed E-state index contributed by atoms with van der Waals surface area (Å²) in [6, 6.07) is 7.90. The van der Waals surface area contributed by atoms with E-state index in [0.717, 1.165) is 17.7 Å². The van der Waals surface area contributed by atoms with Crippen molar-refractivity contribution in [3.8, 4) is 5.75 Å². The number of hydrogen-bond donors (Lipinski definition) is 2. The van der Waals surface area contributed by atoms with E-state index in [1.165, 1.54) is 0 Å². The molecule has 3 rings (SSSR count). The molecule has 0 amide bonds. The Hall–Kier alpha value is -2.30. The Balaban J connectivity index is 1.95. The SMILES string of the molecule is Cc1c(N)nc(C2COc3ccccc3C2)[nH]c1=O. The standard InChI is InChI=1S/C14H15N3O2/c1-8-12(15)16-13(17-14(8)18)10-6-9-4-2-3-5-11(9)19-7-10/h2-5,10H,6-7H2,1H3,(H3,15,16,17,18). The van der Waals surface area contributed by atoms with Crippen molar-refractivity contribution in [1.82, 2.24) is 9.97 Å². The number of rotatable bonds is 1. The van der Waals surface area contributed by atoms with Crippen molar-refractivity contribution in [3.05, 3.63) is 51.6 Å². The van der Waals surface area contributed by atoms with Crippen molar-refractivity contribution in [1.29, 1.82) is 0 Å². The van der Waals surface area contributed by atoms with E-state index in [4.69, 9.17) is 10.5 Å². The van der Waals surface area contributed by atoms with Gasteiger partial charge in [0.15, 0.2) is 0 Å². The summed E-state index contributed by atoms with van der Waals surface area (Å²) in [4.78, 5) is 18.8. The normalized spacial score (nSPS) is 17.6. The lowest BCUT2D eigenvalue weighted by atomic mass is 9.96. The molecule has 0 saturated heterocycles. The average molecular weight is 257 g/mol. The molecule has 2 aromatic rings. The lowest BCUT2D eigenvalue weighted by Crippen LogP contribution is -2.25. The Morgan fingerprint density at radius 2 is 2.21 bits per heavy atom. The quantitative estimate of drug-likeness (QED) is 0.808. The van der Waals surface area contributed by atoms with Crippen LogP contribution < -0.4 is 16.0 Å². The second kappa shape index (κ2) is 4.42. The maximum atomic E-state index is 11.7. The van der Waals surface area contributed by atoms with Gasteiger partial charge in [-0.2, -0.15) is 0 Å². The van der Waals surface area contributed by atoms with Gasteiger partial charge in [0.05, 0.1) is 18.1 Å². The molecule has 2 heterocycles. The number of fused-ring (bicyclic) bond motifs is 1. The van der Waals surface area contributed by atoms with Crippen LogP contribution in [0.5, 0.6) is 5.75 Å². The molecule has 3 N–H and O–H groups in total. The molecule has 0 bridgehead atoms. The third-order valence-corrected chi connectivity index (χ3v) is 3.47. The molecule has 0 aliphatic carbocycles. The van der Waals surface area contributed by atoms with E-state index in [-0.39, 0.29) is 17.3 Å². The number of para-hydroxylation sites is 1. The van der Waals surface area contributed by atoms with Crippen LogP contribution in [-0.2, 0) is 6.42 Å². The van der Waals surface area contributed by atoms with E-state index in [2.05, 4.69) is 9.97 Å². The zero-order valence-corrected chi connectivity index (χ0v) is 10.6. The van der Waals surface area contributed by atoms with Gasteiger partial charge in [-0.3, -0.25) is 4.79 Å². The van der Waals surface area contributed by atoms with Crippen LogP contribution >= 0.6 is 0 Å². The number of aromatic amines is 1. The maximum Gasteiger partial charge on any atom is 0.255 e. The zero-order valence-electron chi connectivity index (χ0n) is 10.6. The van der Waals surface area contributed by atoms with Gasteiger partial charge in [-0.05, 0) is 25.0 Å². The summed E-state index contributed by atoms with van der Waals surface area (Å²) in [6.07, 6.45) is 0.793. The van der Waals surface area contributed by atoms with Crippen molar-refractivity contribution in [2.75, 3.05) is 12.3 Å². The number of nitrogen functional groups attached to an aromatic ring is 1. The molecule has 5 nitrogen and oxygen atoms in total. The molecule has 1 aromatic heterocycles. The Kier molecular flexibility index (Phi) is 2.74. The third kappa shape index (κ3) is 2.07. The van der Waals surface area contributed by atoms with Gasteiger partial charge in [-0.15, -0.1) is 0 Å². The van der Waals surface area contributed by atoms with E-state index >= 15 is 0 Å². The van der Waals surface area contributed by atoms with Gasteiger partial charge in [-0.25, -0.2) is 4.98 Å². The lowest BCUT2D eigenvalue weighted by molar-refractivity contribution is 0.257.